The van der Waals surface area contributed by atoms with E-state index in [0.29, 0.717) is 5.56 Å². The Morgan fingerprint density at radius 2 is 2.03 bits per heavy atom. The van der Waals surface area contributed by atoms with Crippen LogP contribution in [0.2, 0.25) is 0 Å². The Morgan fingerprint density at radius 1 is 1.30 bits per heavy atom. The molecule has 3 N–H and O–H groups in total. The van der Waals surface area contributed by atoms with Gasteiger partial charge in [0.15, 0.2) is 6.61 Å². The number of fused-ring (bicyclic) bond motifs is 1. The highest BCUT2D eigenvalue weighted by molar-refractivity contribution is 7.90. The third-order valence-corrected chi connectivity index (χ3v) is 6.39. The van der Waals surface area contributed by atoms with Crippen molar-refractivity contribution < 1.29 is 31.2 Å². The number of carbonyl (C=O) groups excluding carboxylic acids is 2. The van der Waals surface area contributed by atoms with E-state index in [2.05, 4.69) is 9.71 Å². The van der Waals surface area contributed by atoms with Crippen LogP contribution in [0.15, 0.2) is 51.4 Å². The highest BCUT2D eigenvalue weighted by Crippen LogP contribution is 2.19. The third-order valence-electron chi connectivity index (χ3n) is 4.17. The molecule has 1 aromatic rings. The Kier molecular flexibility index (Phi) is 5.78. The molecule has 13 heteroatoms. The van der Waals surface area contributed by atoms with E-state index in [0.717, 1.165) is 0 Å². The smallest absolute Gasteiger partial charge is 0.340 e. The molecule has 1 amide bonds. The summed E-state index contributed by atoms with van der Waals surface area (Å²) in [5.41, 5.74) is 0.720. The van der Waals surface area contributed by atoms with E-state index in [1.54, 1.807) is 6.92 Å². The van der Waals surface area contributed by atoms with Gasteiger partial charge >= 0.3 is 5.97 Å². The zero-order valence-electron chi connectivity index (χ0n) is 15.7. The van der Waals surface area contributed by atoms with Crippen molar-refractivity contribution >= 4 is 43.4 Å². The first-order valence-corrected chi connectivity index (χ1v) is 11.7. The van der Waals surface area contributed by atoms with Gasteiger partial charge in [-0.15, -0.1) is 4.40 Å². The Morgan fingerprint density at radius 3 is 2.73 bits per heavy atom. The molecule has 2 aliphatic rings. The van der Waals surface area contributed by atoms with Gasteiger partial charge in [-0.25, -0.2) is 26.8 Å². The number of anilines is 1. The second kappa shape index (κ2) is 8.01. The monoisotopic (exact) mass is 454 g/mol. The molecule has 3 rings (SSSR count). The lowest BCUT2D eigenvalue weighted by molar-refractivity contribution is -0.143. The number of aryl methyl sites for hydroxylation is 1. The molecule has 0 fully saturated rings. The average Bonchev–Trinajstić information content (AvgIpc) is 2.65. The van der Waals surface area contributed by atoms with Crippen LogP contribution in [0.3, 0.4) is 0 Å². The molecule has 0 aromatic heterocycles. The van der Waals surface area contributed by atoms with Gasteiger partial charge in [0.25, 0.3) is 15.9 Å². The van der Waals surface area contributed by atoms with Crippen molar-refractivity contribution in [1.82, 2.24) is 4.90 Å². The van der Waals surface area contributed by atoms with Crippen LogP contribution in [0.1, 0.15) is 5.56 Å². The minimum Gasteiger partial charge on any atom is -0.452 e. The van der Waals surface area contributed by atoms with Crippen molar-refractivity contribution in [2.75, 3.05) is 24.2 Å². The van der Waals surface area contributed by atoms with Crippen molar-refractivity contribution in [3.05, 3.63) is 47.7 Å². The number of amides is 1. The van der Waals surface area contributed by atoms with E-state index in [4.69, 9.17) is 9.88 Å². The highest BCUT2D eigenvalue weighted by Gasteiger charge is 2.25. The molecule has 11 nitrogen and oxygen atoms in total. The second-order valence-corrected chi connectivity index (χ2v) is 9.78. The molecular weight excluding hydrogens is 436 g/mol. The SMILES string of the molecule is Cc1ccc(NC(=O)COC(=O)C2=CN3CCS(=O)(=O)N=C3C=C2)cc1S(N)(=O)=O. The van der Waals surface area contributed by atoms with Crippen LogP contribution in [0.4, 0.5) is 5.69 Å². The van der Waals surface area contributed by atoms with E-state index >= 15 is 0 Å². The molecule has 0 saturated heterocycles. The molecule has 0 spiro atoms. The molecule has 0 saturated carbocycles. The van der Waals surface area contributed by atoms with Crippen molar-refractivity contribution in [1.29, 1.82) is 0 Å². The summed E-state index contributed by atoms with van der Waals surface area (Å²) in [5, 5.41) is 7.56. The molecular formula is C17H18N4O7S2. The number of carbonyl (C=O) groups is 2. The summed E-state index contributed by atoms with van der Waals surface area (Å²) < 4.78 is 54.7. The fourth-order valence-corrected chi connectivity index (χ4v) is 4.50. The van der Waals surface area contributed by atoms with E-state index in [1.807, 2.05) is 0 Å². The van der Waals surface area contributed by atoms with E-state index < -0.39 is 38.5 Å². The lowest BCUT2D eigenvalue weighted by Gasteiger charge is -2.26. The second-order valence-electron chi connectivity index (χ2n) is 6.50. The first-order valence-electron chi connectivity index (χ1n) is 8.54. The van der Waals surface area contributed by atoms with Crippen molar-refractivity contribution in [2.45, 2.75) is 11.8 Å². The average molecular weight is 454 g/mol. The number of hydrogen-bond donors (Lipinski definition) is 2. The van der Waals surface area contributed by atoms with Crippen molar-refractivity contribution in [2.24, 2.45) is 9.54 Å². The molecule has 0 unspecified atom stereocenters. The first kappa shape index (κ1) is 21.7. The quantitative estimate of drug-likeness (QED) is 0.568. The molecule has 160 valence electrons. The predicted molar refractivity (Wildman–Crippen MR) is 107 cm³/mol. The molecule has 0 bridgehead atoms. The predicted octanol–water partition coefficient (Wildman–Crippen LogP) is -0.378. The summed E-state index contributed by atoms with van der Waals surface area (Å²) in [5.74, 6) is -1.45. The number of rotatable bonds is 5. The van der Waals surface area contributed by atoms with Crippen molar-refractivity contribution in [3.63, 3.8) is 0 Å². The molecule has 2 heterocycles. The lowest BCUT2D eigenvalue weighted by Crippen LogP contribution is -2.37. The zero-order valence-corrected chi connectivity index (χ0v) is 17.4. The summed E-state index contributed by atoms with van der Waals surface area (Å²) in [6.07, 6.45) is 4.11. The first-order chi connectivity index (χ1) is 13.9. The normalized spacial score (nSPS) is 17.5. The Hall–Kier alpha value is -3.03. The van der Waals surface area contributed by atoms with Crippen LogP contribution >= 0.6 is 0 Å². The molecule has 0 atom stereocenters. The van der Waals surface area contributed by atoms with Gasteiger partial charge in [-0.3, -0.25) is 4.79 Å². The number of hydrogen-bond acceptors (Lipinski definition) is 8. The molecule has 1 aromatic carbocycles. The fraction of sp³-hybridized carbons (Fsp3) is 0.235. The van der Waals surface area contributed by atoms with Crippen LogP contribution in [-0.4, -0.2) is 58.4 Å². The maximum absolute atomic E-state index is 12.2. The lowest BCUT2D eigenvalue weighted by atomic mass is 10.2. The van der Waals surface area contributed by atoms with E-state index in [1.165, 1.54) is 41.5 Å². The number of nitrogens with two attached hydrogens (primary N) is 1. The van der Waals surface area contributed by atoms with E-state index in [9.17, 15) is 26.4 Å². The fourth-order valence-electron chi connectivity index (χ4n) is 2.72. The van der Waals surface area contributed by atoms with Crippen LogP contribution < -0.4 is 10.5 Å². The number of sulfonamides is 2. The van der Waals surface area contributed by atoms with Gasteiger partial charge in [-0.05, 0) is 36.8 Å². The number of primary sulfonamides is 1. The van der Waals surface area contributed by atoms with Gasteiger partial charge in [0, 0.05) is 18.4 Å². The summed E-state index contributed by atoms with van der Waals surface area (Å²) in [6.45, 7) is 1.09. The van der Waals surface area contributed by atoms with Gasteiger partial charge in [0.1, 0.15) is 5.84 Å². The summed E-state index contributed by atoms with van der Waals surface area (Å²) in [6, 6.07) is 4.18. The Bertz CT molecular complexity index is 1210. The van der Waals surface area contributed by atoms with Crippen molar-refractivity contribution in [3.8, 4) is 0 Å². The zero-order chi connectivity index (χ0) is 22.1. The number of esters is 1. The van der Waals surface area contributed by atoms with Gasteiger partial charge < -0.3 is 15.0 Å². The van der Waals surface area contributed by atoms with Gasteiger partial charge in [0.2, 0.25) is 10.0 Å². The standard InChI is InChI=1S/C17H18N4O7S2/c1-11-2-4-13(8-14(11)30(18,26)27)19-16(22)10-28-17(23)12-3-5-15-20-29(24,25)7-6-21(15)9-12/h2-5,8-9H,6-7,10H2,1H3,(H,19,22)(H2,18,26,27). The summed E-state index contributed by atoms with van der Waals surface area (Å²) >= 11 is 0. The van der Waals surface area contributed by atoms with Gasteiger partial charge in [0.05, 0.1) is 16.2 Å². The number of ether oxygens (including phenoxy) is 1. The molecule has 30 heavy (non-hydrogen) atoms. The summed E-state index contributed by atoms with van der Waals surface area (Å²) in [4.78, 5) is 25.6. The minimum atomic E-state index is -3.95. The van der Waals surface area contributed by atoms with Gasteiger partial charge in [-0.1, -0.05) is 6.07 Å². The van der Waals surface area contributed by atoms with Crippen LogP contribution in [-0.2, 0) is 34.4 Å². The number of nitrogens with one attached hydrogen (secondary N) is 1. The maximum atomic E-state index is 12.2. The largest absolute Gasteiger partial charge is 0.452 e. The Labute approximate surface area is 173 Å². The summed E-state index contributed by atoms with van der Waals surface area (Å²) in [7, 11) is -7.46. The van der Waals surface area contributed by atoms with Gasteiger partial charge in [-0.2, -0.15) is 0 Å². The number of benzene rings is 1. The molecule has 0 aliphatic carbocycles. The minimum absolute atomic E-state index is 0.118. The third kappa shape index (κ3) is 5.11. The molecule has 0 radical (unpaired) electrons. The Balaban J connectivity index is 1.60. The van der Waals surface area contributed by atoms with E-state index in [-0.39, 0.29) is 34.3 Å². The number of nitrogens with zero attached hydrogens (tertiary/aromatic N) is 2. The van der Waals surface area contributed by atoms with Crippen LogP contribution in [0, 0.1) is 6.92 Å². The number of amidine groups is 1. The molecule has 2 aliphatic heterocycles. The topological polar surface area (TPSA) is 165 Å². The maximum Gasteiger partial charge on any atom is 0.340 e. The van der Waals surface area contributed by atoms with Crippen LogP contribution in [0.25, 0.3) is 0 Å². The van der Waals surface area contributed by atoms with Crippen LogP contribution in [0.5, 0.6) is 0 Å². The highest BCUT2D eigenvalue weighted by atomic mass is 32.2.